The van der Waals surface area contributed by atoms with Gasteiger partial charge in [0, 0.05) is 11.9 Å². The molecule has 0 aromatic carbocycles. The van der Waals surface area contributed by atoms with E-state index in [2.05, 4.69) is 15.9 Å². The second kappa shape index (κ2) is 3.06. The van der Waals surface area contributed by atoms with Gasteiger partial charge in [-0.3, -0.25) is 0 Å². The van der Waals surface area contributed by atoms with Crippen LogP contribution in [-0.4, -0.2) is 18.0 Å². The number of rotatable bonds is 3. The third kappa shape index (κ3) is 1.78. The van der Waals surface area contributed by atoms with Gasteiger partial charge in [-0.25, -0.2) is 0 Å². The van der Waals surface area contributed by atoms with Crippen molar-refractivity contribution in [3.8, 4) is 0 Å². The Labute approximate surface area is 76.6 Å². The van der Waals surface area contributed by atoms with Crippen molar-refractivity contribution in [3.05, 3.63) is 0 Å². The van der Waals surface area contributed by atoms with E-state index in [9.17, 15) is 0 Å². The van der Waals surface area contributed by atoms with Crippen LogP contribution in [-0.2, 0) is 4.74 Å². The van der Waals surface area contributed by atoms with Crippen molar-refractivity contribution in [1.29, 1.82) is 0 Å². The summed E-state index contributed by atoms with van der Waals surface area (Å²) in [4.78, 5) is 0. The molecular weight excluding hydrogens is 204 g/mol. The highest BCUT2D eigenvalue weighted by molar-refractivity contribution is 9.09. The lowest BCUT2D eigenvalue weighted by Crippen LogP contribution is -2.14. The summed E-state index contributed by atoms with van der Waals surface area (Å²) in [5, 5.41) is 1.18. The van der Waals surface area contributed by atoms with Crippen LogP contribution in [0.4, 0.5) is 0 Å². The van der Waals surface area contributed by atoms with Crippen molar-refractivity contribution in [2.24, 2.45) is 5.41 Å². The molecule has 0 unspecified atom stereocenters. The molecule has 0 N–H and O–H groups in total. The molecule has 2 fully saturated rings. The summed E-state index contributed by atoms with van der Waals surface area (Å²) >= 11 is 3.59. The Bertz CT molecular complexity index is 136. The summed E-state index contributed by atoms with van der Waals surface area (Å²) in [6.45, 7) is 1.00. The van der Waals surface area contributed by atoms with E-state index in [1.165, 1.54) is 37.4 Å². The molecule has 1 aliphatic carbocycles. The molecule has 2 heteroatoms. The molecule has 2 aliphatic rings. The summed E-state index contributed by atoms with van der Waals surface area (Å²) in [5.41, 5.74) is 0.648. The van der Waals surface area contributed by atoms with Crippen LogP contribution >= 0.6 is 15.9 Å². The number of halogens is 1. The van der Waals surface area contributed by atoms with Crippen molar-refractivity contribution in [3.63, 3.8) is 0 Å². The van der Waals surface area contributed by atoms with E-state index < -0.39 is 0 Å². The normalized spacial score (nSPS) is 34.1. The first-order chi connectivity index (χ1) is 5.35. The monoisotopic (exact) mass is 218 g/mol. The predicted molar refractivity (Wildman–Crippen MR) is 49.1 cm³/mol. The van der Waals surface area contributed by atoms with E-state index in [0.717, 1.165) is 6.61 Å². The lowest BCUT2D eigenvalue weighted by Gasteiger charge is -2.16. The van der Waals surface area contributed by atoms with Gasteiger partial charge in [0.05, 0.1) is 6.10 Å². The quantitative estimate of drug-likeness (QED) is 0.663. The van der Waals surface area contributed by atoms with Crippen molar-refractivity contribution in [1.82, 2.24) is 0 Å². The van der Waals surface area contributed by atoms with Gasteiger partial charge in [0.25, 0.3) is 0 Å². The Hall–Kier alpha value is 0.440. The maximum atomic E-state index is 5.61. The van der Waals surface area contributed by atoms with Gasteiger partial charge in [0.2, 0.25) is 0 Å². The Morgan fingerprint density at radius 1 is 1.45 bits per heavy atom. The fourth-order valence-corrected chi connectivity index (χ4v) is 2.65. The van der Waals surface area contributed by atoms with Gasteiger partial charge in [-0.05, 0) is 37.5 Å². The van der Waals surface area contributed by atoms with Gasteiger partial charge < -0.3 is 4.74 Å². The zero-order valence-electron chi connectivity index (χ0n) is 6.81. The molecule has 1 aliphatic heterocycles. The lowest BCUT2D eigenvalue weighted by atomic mass is 9.99. The minimum absolute atomic E-state index is 0.593. The highest BCUT2D eigenvalue weighted by Crippen LogP contribution is 2.51. The topological polar surface area (TPSA) is 9.23 Å². The molecule has 11 heavy (non-hydrogen) atoms. The van der Waals surface area contributed by atoms with Gasteiger partial charge in [-0.1, -0.05) is 15.9 Å². The third-order valence-corrected chi connectivity index (χ3v) is 4.11. The standard InChI is InChI=1S/C9H15BrO/c10-7-9(3-4-9)6-8-2-1-5-11-8/h8H,1-7H2/t8-/m1/s1. The lowest BCUT2D eigenvalue weighted by molar-refractivity contribution is 0.0891. The Morgan fingerprint density at radius 2 is 2.27 bits per heavy atom. The second-order valence-electron chi connectivity index (χ2n) is 3.97. The summed E-state index contributed by atoms with van der Waals surface area (Å²) in [6.07, 6.45) is 7.31. The summed E-state index contributed by atoms with van der Waals surface area (Å²) in [6, 6.07) is 0. The minimum atomic E-state index is 0.593. The molecular formula is C9H15BrO. The van der Waals surface area contributed by atoms with Crippen LogP contribution in [0.1, 0.15) is 32.1 Å². The van der Waals surface area contributed by atoms with Crippen LogP contribution in [0.3, 0.4) is 0 Å². The highest BCUT2D eigenvalue weighted by atomic mass is 79.9. The van der Waals surface area contributed by atoms with Crippen LogP contribution < -0.4 is 0 Å². The third-order valence-electron chi connectivity index (χ3n) is 2.93. The fourth-order valence-electron chi connectivity index (χ4n) is 1.86. The van der Waals surface area contributed by atoms with Crippen molar-refractivity contribution < 1.29 is 4.74 Å². The molecule has 1 heterocycles. The van der Waals surface area contributed by atoms with Crippen molar-refractivity contribution in [2.75, 3.05) is 11.9 Å². The van der Waals surface area contributed by atoms with E-state index >= 15 is 0 Å². The first-order valence-electron chi connectivity index (χ1n) is 4.52. The smallest absolute Gasteiger partial charge is 0.0581 e. The molecule has 1 saturated heterocycles. The first-order valence-corrected chi connectivity index (χ1v) is 5.64. The molecule has 64 valence electrons. The van der Waals surface area contributed by atoms with E-state index in [1.807, 2.05) is 0 Å². The second-order valence-corrected chi connectivity index (χ2v) is 4.53. The highest BCUT2D eigenvalue weighted by Gasteiger charge is 2.43. The number of ether oxygens (including phenoxy) is 1. The largest absolute Gasteiger partial charge is 0.378 e. The summed E-state index contributed by atoms with van der Waals surface area (Å²) in [5.74, 6) is 0. The van der Waals surface area contributed by atoms with Crippen LogP contribution in [0.2, 0.25) is 0 Å². The van der Waals surface area contributed by atoms with Gasteiger partial charge >= 0.3 is 0 Å². The Kier molecular flexibility index (Phi) is 2.24. The van der Waals surface area contributed by atoms with Gasteiger partial charge in [0.15, 0.2) is 0 Å². The molecule has 1 nitrogen and oxygen atoms in total. The summed E-state index contributed by atoms with van der Waals surface area (Å²) < 4.78 is 5.61. The molecule has 0 bridgehead atoms. The molecule has 0 spiro atoms. The molecule has 1 atom stereocenters. The van der Waals surface area contributed by atoms with Crippen molar-refractivity contribution >= 4 is 15.9 Å². The maximum Gasteiger partial charge on any atom is 0.0581 e. The fraction of sp³-hybridized carbons (Fsp3) is 1.00. The number of alkyl halides is 1. The molecule has 2 rings (SSSR count). The van der Waals surface area contributed by atoms with E-state index in [4.69, 9.17) is 4.74 Å². The molecule has 0 aromatic rings. The predicted octanol–water partition coefficient (Wildman–Crippen LogP) is 2.73. The van der Waals surface area contributed by atoms with E-state index in [1.54, 1.807) is 0 Å². The Balaban J connectivity index is 1.80. The maximum absolute atomic E-state index is 5.61. The van der Waals surface area contributed by atoms with E-state index in [0.29, 0.717) is 11.5 Å². The van der Waals surface area contributed by atoms with Crippen LogP contribution in [0.5, 0.6) is 0 Å². The minimum Gasteiger partial charge on any atom is -0.378 e. The van der Waals surface area contributed by atoms with Gasteiger partial charge in [-0.2, -0.15) is 0 Å². The van der Waals surface area contributed by atoms with Crippen molar-refractivity contribution in [2.45, 2.75) is 38.2 Å². The first kappa shape index (κ1) is 8.06. The zero-order valence-corrected chi connectivity index (χ0v) is 8.40. The molecule has 1 saturated carbocycles. The number of hydrogen-bond acceptors (Lipinski definition) is 1. The summed E-state index contributed by atoms with van der Waals surface area (Å²) in [7, 11) is 0. The number of hydrogen-bond donors (Lipinski definition) is 0. The molecule has 0 aromatic heterocycles. The van der Waals surface area contributed by atoms with E-state index in [-0.39, 0.29) is 0 Å². The van der Waals surface area contributed by atoms with Gasteiger partial charge in [0.1, 0.15) is 0 Å². The van der Waals surface area contributed by atoms with Crippen LogP contribution in [0.15, 0.2) is 0 Å². The SMILES string of the molecule is BrCC1(C[C@H]2CCCO2)CC1. The van der Waals surface area contributed by atoms with Crippen LogP contribution in [0.25, 0.3) is 0 Å². The van der Waals surface area contributed by atoms with Gasteiger partial charge in [-0.15, -0.1) is 0 Å². The average Bonchev–Trinajstić information content (AvgIpc) is 2.59. The zero-order chi connectivity index (χ0) is 7.73. The Morgan fingerprint density at radius 3 is 2.73 bits per heavy atom. The average molecular weight is 219 g/mol. The van der Waals surface area contributed by atoms with Crippen LogP contribution in [0, 0.1) is 5.41 Å². The molecule has 0 amide bonds. The molecule has 0 radical (unpaired) electrons.